The molecule has 10 heteroatoms. The fourth-order valence-corrected chi connectivity index (χ4v) is 3.93. The first kappa shape index (κ1) is 23.3. The van der Waals surface area contributed by atoms with Gasteiger partial charge in [-0.15, -0.1) is 10.2 Å². The van der Waals surface area contributed by atoms with Crippen LogP contribution in [0.4, 0.5) is 5.13 Å². The summed E-state index contributed by atoms with van der Waals surface area (Å²) in [5, 5.41) is 12.0. The molecule has 1 N–H and O–H groups in total. The monoisotopic (exact) mass is 476 g/mol. The van der Waals surface area contributed by atoms with E-state index < -0.39 is 0 Å². The molecule has 0 aliphatic heterocycles. The Morgan fingerprint density at radius 3 is 2.59 bits per heavy atom. The molecule has 0 aliphatic rings. The van der Waals surface area contributed by atoms with Crippen molar-refractivity contribution in [1.29, 1.82) is 0 Å². The topological polar surface area (TPSA) is 102 Å². The lowest BCUT2D eigenvalue weighted by molar-refractivity contribution is 0.102. The van der Waals surface area contributed by atoms with Gasteiger partial charge in [-0.3, -0.25) is 15.1 Å². The van der Waals surface area contributed by atoms with Gasteiger partial charge in [0.2, 0.25) is 5.13 Å². The molecule has 0 spiro atoms. The Morgan fingerprint density at radius 1 is 1.12 bits per heavy atom. The number of hydrogen-bond donors (Lipinski definition) is 1. The van der Waals surface area contributed by atoms with Gasteiger partial charge in [0.15, 0.2) is 5.75 Å². The van der Waals surface area contributed by atoms with E-state index in [1.807, 2.05) is 61.5 Å². The van der Waals surface area contributed by atoms with Crippen LogP contribution in [0, 0.1) is 0 Å². The standard InChI is InChI=1S/C24H24N6O3S/c1-30(2)15-20(16-7-5-4-6-8-16)33-22-19(32-3)13-18(14-26-22)21(31)27-24-29-28-23(34-24)17-9-11-25-12-10-17/h4-14,20H,15H2,1-3H3,(H,27,29,31)/t20-/m1/s1. The van der Waals surface area contributed by atoms with Crippen LogP contribution in [-0.4, -0.2) is 58.7 Å². The van der Waals surface area contributed by atoms with Gasteiger partial charge in [-0.05, 0) is 31.8 Å². The van der Waals surface area contributed by atoms with Crippen LogP contribution in [0.5, 0.6) is 11.6 Å². The molecule has 1 aromatic carbocycles. The van der Waals surface area contributed by atoms with E-state index in [9.17, 15) is 4.79 Å². The number of methoxy groups -OCH3 is 1. The SMILES string of the molecule is COc1cc(C(=O)Nc2nnc(-c3ccncc3)s2)cnc1O[C@H](CN(C)C)c1ccccc1. The Labute approximate surface area is 201 Å². The molecule has 0 bridgehead atoms. The Kier molecular flexibility index (Phi) is 7.41. The molecule has 174 valence electrons. The minimum Gasteiger partial charge on any atom is -0.491 e. The maximum Gasteiger partial charge on any atom is 0.259 e. The van der Waals surface area contributed by atoms with Crippen molar-refractivity contribution < 1.29 is 14.3 Å². The second-order valence-corrected chi connectivity index (χ2v) is 8.59. The van der Waals surface area contributed by atoms with Gasteiger partial charge >= 0.3 is 0 Å². The van der Waals surface area contributed by atoms with Gasteiger partial charge < -0.3 is 14.4 Å². The lowest BCUT2D eigenvalue weighted by atomic mass is 10.1. The minimum atomic E-state index is -0.373. The normalized spacial score (nSPS) is 11.8. The molecule has 1 atom stereocenters. The van der Waals surface area contributed by atoms with Crippen molar-refractivity contribution >= 4 is 22.4 Å². The van der Waals surface area contributed by atoms with Crippen LogP contribution in [0.2, 0.25) is 0 Å². The van der Waals surface area contributed by atoms with E-state index in [1.54, 1.807) is 18.5 Å². The molecule has 3 heterocycles. The van der Waals surface area contributed by atoms with Gasteiger partial charge in [-0.1, -0.05) is 41.7 Å². The van der Waals surface area contributed by atoms with E-state index in [1.165, 1.54) is 24.6 Å². The summed E-state index contributed by atoms with van der Waals surface area (Å²) in [6, 6.07) is 15.2. The van der Waals surface area contributed by atoms with Gasteiger partial charge in [0.1, 0.15) is 11.1 Å². The Hall–Kier alpha value is -3.89. The van der Waals surface area contributed by atoms with Crippen molar-refractivity contribution in [3.8, 4) is 22.2 Å². The summed E-state index contributed by atoms with van der Waals surface area (Å²) in [6.45, 7) is 0.647. The van der Waals surface area contributed by atoms with E-state index >= 15 is 0 Å². The molecular formula is C24H24N6O3S. The van der Waals surface area contributed by atoms with E-state index in [4.69, 9.17) is 9.47 Å². The first-order valence-electron chi connectivity index (χ1n) is 10.5. The van der Waals surface area contributed by atoms with Crippen molar-refractivity contribution in [1.82, 2.24) is 25.1 Å². The highest BCUT2D eigenvalue weighted by Gasteiger charge is 2.20. The highest BCUT2D eigenvalue weighted by atomic mass is 32.1. The number of rotatable bonds is 9. The van der Waals surface area contributed by atoms with Gasteiger partial charge in [-0.2, -0.15) is 0 Å². The number of likely N-dealkylation sites (N-methyl/N-ethyl adjacent to an activating group) is 1. The van der Waals surface area contributed by atoms with Gasteiger partial charge in [0.05, 0.1) is 12.7 Å². The lowest BCUT2D eigenvalue weighted by Crippen LogP contribution is -2.24. The van der Waals surface area contributed by atoms with E-state index in [0.29, 0.717) is 33.9 Å². The average molecular weight is 477 g/mol. The number of carbonyl (C=O) groups is 1. The third-order valence-electron chi connectivity index (χ3n) is 4.83. The molecule has 0 saturated carbocycles. The molecule has 0 radical (unpaired) electrons. The zero-order valence-corrected chi connectivity index (χ0v) is 19.8. The summed E-state index contributed by atoms with van der Waals surface area (Å²) in [6.07, 6.45) is 4.55. The average Bonchev–Trinajstić information content (AvgIpc) is 3.33. The van der Waals surface area contributed by atoms with Crippen LogP contribution in [0.25, 0.3) is 10.6 Å². The highest BCUT2D eigenvalue weighted by Crippen LogP contribution is 2.31. The number of amides is 1. The summed E-state index contributed by atoms with van der Waals surface area (Å²) < 4.78 is 11.7. The number of aromatic nitrogens is 4. The van der Waals surface area contributed by atoms with E-state index in [2.05, 4.69) is 25.5 Å². The lowest BCUT2D eigenvalue weighted by Gasteiger charge is -2.23. The fraction of sp³-hybridized carbons (Fsp3) is 0.208. The Morgan fingerprint density at radius 2 is 1.88 bits per heavy atom. The molecule has 0 saturated heterocycles. The number of hydrogen-bond acceptors (Lipinski definition) is 9. The predicted molar refractivity (Wildman–Crippen MR) is 130 cm³/mol. The summed E-state index contributed by atoms with van der Waals surface area (Å²) >= 11 is 1.27. The highest BCUT2D eigenvalue weighted by molar-refractivity contribution is 7.18. The second kappa shape index (κ2) is 10.8. The number of pyridine rings is 2. The van der Waals surface area contributed by atoms with Crippen molar-refractivity contribution in [2.24, 2.45) is 0 Å². The molecule has 9 nitrogen and oxygen atoms in total. The number of carbonyl (C=O) groups excluding carboxylic acids is 1. The van der Waals surface area contributed by atoms with Gasteiger partial charge in [0.25, 0.3) is 11.8 Å². The molecule has 4 aromatic rings. The zero-order valence-electron chi connectivity index (χ0n) is 19.0. The minimum absolute atomic E-state index is 0.259. The molecule has 0 aliphatic carbocycles. The summed E-state index contributed by atoms with van der Waals surface area (Å²) in [7, 11) is 5.47. The zero-order chi connectivity index (χ0) is 23.9. The smallest absolute Gasteiger partial charge is 0.259 e. The predicted octanol–water partition coefficient (Wildman–Crippen LogP) is 3.94. The van der Waals surface area contributed by atoms with Crippen molar-refractivity contribution in [2.75, 3.05) is 33.1 Å². The number of anilines is 1. The summed E-state index contributed by atoms with van der Waals surface area (Å²) in [5.41, 5.74) is 2.21. The summed E-state index contributed by atoms with van der Waals surface area (Å²) in [5.74, 6) is 0.301. The van der Waals surface area contributed by atoms with Crippen molar-refractivity contribution in [3.63, 3.8) is 0 Å². The van der Waals surface area contributed by atoms with Crippen LogP contribution in [0.1, 0.15) is 22.0 Å². The maximum atomic E-state index is 12.8. The second-order valence-electron chi connectivity index (χ2n) is 7.61. The molecule has 0 fully saturated rings. The molecule has 34 heavy (non-hydrogen) atoms. The number of nitrogens with zero attached hydrogens (tertiary/aromatic N) is 5. The third kappa shape index (κ3) is 5.72. The molecule has 1 amide bonds. The van der Waals surface area contributed by atoms with Gasteiger partial charge in [-0.25, -0.2) is 4.98 Å². The summed E-state index contributed by atoms with van der Waals surface area (Å²) in [4.78, 5) is 23.2. The van der Waals surface area contributed by atoms with Crippen LogP contribution in [0.3, 0.4) is 0 Å². The Balaban J connectivity index is 1.50. The third-order valence-corrected chi connectivity index (χ3v) is 5.72. The molecule has 4 rings (SSSR count). The first-order valence-corrected chi connectivity index (χ1v) is 11.3. The quantitative estimate of drug-likeness (QED) is 0.388. The fourth-order valence-electron chi connectivity index (χ4n) is 3.19. The number of benzene rings is 1. The first-order chi connectivity index (χ1) is 16.5. The van der Waals surface area contributed by atoms with Gasteiger partial charge in [0, 0.05) is 36.8 Å². The Bertz CT molecular complexity index is 1230. The largest absolute Gasteiger partial charge is 0.491 e. The van der Waals surface area contributed by atoms with Crippen LogP contribution < -0.4 is 14.8 Å². The number of nitrogens with one attached hydrogen (secondary N) is 1. The maximum absolute atomic E-state index is 12.8. The molecular weight excluding hydrogens is 452 g/mol. The van der Waals surface area contributed by atoms with Crippen molar-refractivity contribution in [2.45, 2.75) is 6.10 Å². The van der Waals surface area contributed by atoms with Crippen LogP contribution in [0.15, 0.2) is 67.1 Å². The van der Waals surface area contributed by atoms with E-state index in [0.717, 1.165) is 11.1 Å². The number of ether oxygens (including phenoxy) is 2. The molecule has 3 aromatic heterocycles. The van der Waals surface area contributed by atoms with Crippen LogP contribution in [-0.2, 0) is 0 Å². The molecule has 0 unspecified atom stereocenters. The van der Waals surface area contributed by atoms with E-state index in [-0.39, 0.29) is 12.0 Å². The van der Waals surface area contributed by atoms with Crippen molar-refractivity contribution in [3.05, 3.63) is 78.2 Å². The van der Waals surface area contributed by atoms with Crippen LogP contribution >= 0.6 is 11.3 Å².